The monoisotopic (exact) mass is 316 g/mol. The molecule has 1 aromatic rings. The van der Waals surface area contributed by atoms with Gasteiger partial charge in [0.15, 0.2) is 0 Å². The summed E-state index contributed by atoms with van der Waals surface area (Å²) in [5.74, 6) is -0.928. The Balaban J connectivity index is 3.03. The fraction of sp³-hybridized carbons (Fsp3) is 0.294. The summed E-state index contributed by atoms with van der Waals surface area (Å²) in [5.41, 5.74) is 0.834. The molecule has 1 aromatic carbocycles. The van der Waals surface area contributed by atoms with Crippen molar-refractivity contribution in [1.29, 1.82) is 0 Å². The van der Waals surface area contributed by atoms with Gasteiger partial charge in [-0.05, 0) is 30.5 Å². The zero-order valence-electron chi connectivity index (χ0n) is 13.4. The third kappa shape index (κ3) is 4.35. The highest BCUT2D eigenvalue weighted by Gasteiger charge is 2.25. The van der Waals surface area contributed by atoms with Gasteiger partial charge in [-0.25, -0.2) is 0 Å². The van der Waals surface area contributed by atoms with Crippen LogP contribution in [0, 0.1) is 10.1 Å². The average molecular weight is 316 g/mol. The van der Waals surface area contributed by atoms with Crippen LogP contribution in [0.4, 0.5) is 5.69 Å². The topological polar surface area (TPSA) is 80.5 Å². The molecule has 6 nitrogen and oxygen atoms in total. The van der Waals surface area contributed by atoms with Crippen molar-refractivity contribution in [1.82, 2.24) is 4.90 Å². The molecule has 0 aliphatic heterocycles. The lowest BCUT2D eigenvalue weighted by Crippen LogP contribution is -2.38. The number of non-ortho nitro benzene ring substituents is 1. The summed E-state index contributed by atoms with van der Waals surface area (Å²) in [5, 5.41) is 10.7. The van der Waals surface area contributed by atoms with Crippen LogP contribution in [0.15, 0.2) is 43.0 Å². The molecule has 0 aliphatic rings. The molecule has 0 aliphatic carbocycles. The maximum Gasteiger partial charge on any atom is 0.269 e. The van der Waals surface area contributed by atoms with E-state index in [9.17, 15) is 19.7 Å². The summed E-state index contributed by atoms with van der Waals surface area (Å²) >= 11 is 0. The lowest BCUT2D eigenvalue weighted by Gasteiger charge is -2.22. The van der Waals surface area contributed by atoms with Crippen molar-refractivity contribution in [2.45, 2.75) is 26.7 Å². The zero-order chi connectivity index (χ0) is 17.6. The smallest absolute Gasteiger partial charge is 0.269 e. The first-order chi connectivity index (χ1) is 10.8. The fourth-order valence-corrected chi connectivity index (χ4v) is 1.93. The molecule has 1 rings (SSSR count). The average Bonchev–Trinajstić information content (AvgIpc) is 2.57. The number of amides is 2. The van der Waals surface area contributed by atoms with E-state index in [0.717, 1.165) is 4.90 Å². The summed E-state index contributed by atoms with van der Waals surface area (Å²) in [6.07, 6.45) is 1.07. The summed E-state index contributed by atoms with van der Waals surface area (Å²) in [4.78, 5) is 36.1. The van der Waals surface area contributed by atoms with E-state index >= 15 is 0 Å². The van der Waals surface area contributed by atoms with Crippen molar-refractivity contribution in [2.24, 2.45) is 0 Å². The number of carbonyl (C=O) groups excluding carboxylic acids is 2. The van der Waals surface area contributed by atoms with Crippen LogP contribution in [-0.2, 0) is 9.59 Å². The second-order valence-corrected chi connectivity index (χ2v) is 5.00. The number of nitro benzene ring substituents is 1. The van der Waals surface area contributed by atoms with Crippen LogP contribution in [0.2, 0.25) is 0 Å². The van der Waals surface area contributed by atoms with Crippen molar-refractivity contribution < 1.29 is 14.5 Å². The summed E-state index contributed by atoms with van der Waals surface area (Å²) in [7, 11) is 0. The highest BCUT2D eigenvalue weighted by molar-refractivity contribution is 6.24. The second kappa shape index (κ2) is 8.03. The van der Waals surface area contributed by atoms with Crippen LogP contribution in [0.25, 0.3) is 5.57 Å². The molecule has 0 bridgehead atoms. The molecule has 122 valence electrons. The molecule has 0 spiro atoms. The van der Waals surface area contributed by atoms with Gasteiger partial charge < -0.3 is 0 Å². The van der Waals surface area contributed by atoms with E-state index in [1.165, 1.54) is 24.3 Å². The van der Waals surface area contributed by atoms with E-state index in [1.54, 1.807) is 6.92 Å². The highest BCUT2D eigenvalue weighted by atomic mass is 16.6. The number of hydrogen-bond donors (Lipinski definition) is 0. The number of nitro groups is 1. The van der Waals surface area contributed by atoms with Gasteiger partial charge in [0.05, 0.1) is 4.92 Å². The van der Waals surface area contributed by atoms with Crippen molar-refractivity contribution in [3.8, 4) is 0 Å². The minimum Gasteiger partial charge on any atom is -0.275 e. The van der Waals surface area contributed by atoms with Gasteiger partial charge >= 0.3 is 0 Å². The molecule has 0 atom stereocenters. The Hall–Kier alpha value is -2.76. The van der Waals surface area contributed by atoms with E-state index in [-0.39, 0.29) is 17.8 Å². The maximum absolute atomic E-state index is 12.5. The Kier molecular flexibility index (Phi) is 6.38. The summed E-state index contributed by atoms with van der Waals surface area (Å²) in [6, 6.07) is 5.48. The molecular weight excluding hydrogens is 296 g/mol. The SMILES string of the molecule is C=C(CC)C(=O)N(CCC)C(=O)C(=C)c1ccc([N+](=O)[O-])cc1. The molecule has 6 heteroatoms. The summed E-state index contributed by atoms with van der Waals surface area (Å²) < 4.78 is 0. The number of benzene rings is 1. The van der Waals surface area contributed by atoms with Gasteiger partial charge in [0.1, 0.15) is 0 Å². The first kappa shape index (κ1) is 18.3. The molecule has 0 aromatic heterocycles. The van der Waals surface area contributed by atoms with Gasteiger partial charge in [-0.15, -0.1) is 0 Å². The van der Waals surface area contributed by atoms with Crippen LogP contribution in [0.3, 0.4) is 0 Å². The molecule has 2 amide bonds. The van der Waals surface area contributed by atoms with Gasteiger partial charge in [0.2, 0.25) is 0 Å². The maximum atomic E-state index is 12.5. The molecular formula is C17H20N2O4. The van der Waals surface area contributed by atoms with Crippen LogP contribution in [-0.4, -0.2) is 28.2 Å². The number of carbonyl (C=O) groups is 2. The van der Waals surface area contributed by atoms with Crippen LogP contribution in [0.1, 0.15) is 32.3 Å². The van der Waals surface area contributed by atoms with Crippen molar-refractivity contribution in [3.05, 3.63) is 58.7 Å². The minimum absolute atomic E-state index is 0.0742. The Morgan fingerprint density at radius 1 is 1.13 bits per heavy atom. The van der Waals surface area contributed by atoms with E-state index < -0.39 is 16.7 Å². The fourth-order valence-electron chi connectivity index (χ4n) is 1.93. The number of nitrogens with zero attached hydrogens (tertiary/aromatic N) is 2. The van der Waals surface area contributed by atoms with Gasteiger partial charge in [0.25, 0.3) is 17.5 Å². The van der Waals surface area contributed by atoms with Crippen molar-refractivity contribution in [2.75, 3.05) is 6.54 Å². The molecule has 0 N–H and O–H groups in total. The van der Waals surface area contributed by atoms with E-state index in [4.69, 9.17) is 0 Å². The van der Waals surface area contributed by atoms with Crippen molar-refractivity contribution in [3.63, 3.8) is 0 Å². The highest BCUT2D eigenvalue weighted by Crippen LogP contribution is 2.20. The summed E-state index contributed by atoms with van der Waals surface area (Å²) in [6.45, 7) is 11.3. The molecule has 23 heavy (non-hydrogen) atoms. The molecule has 0 radical (unpaired) electrons. The largest absolute Gasteiger partial charge is 0.275 e. The van der Waals surface area contributed by atoms with E-state index in [1.807, 2.05) is 6.92 Å². The van der Waals surface area contributed by atoms with Gasteiger partial charge in [-0.1, -0.05) is 27.0 Å². The Bertz CT molecular complexity index is 647. The second-order valence-electron chi connectivity index (χ2n) is 5.00. The Morgan fingerprint density at radius 2 is 1.70 bits per heavy atom. The molecule has 0 heterocycles. The first-order valence-corrected chi connectivity index (χ1v) is 7.31. The Morgan fingerprint density at radius 3 is 2.13 bits per heavy atom. The quantitative estimate of drug-likeness (QED) is 0.439. The number of hydrogen-bond acceptors (Lipinski definition) is 4. The van der Waals surface area contributed by atoms with Gasteiger partial charge in [-0.2, -0.15) is 0 Å². The van der Waals surface area contributed by atoms with Crippen LogP contribution >= 0.6 is 0 Å². The zero-order valence-corrected chi connectivity index (χ0v) is 13.4. The minimum atomic E-state index is -0.521. The third-order valence-corrected chi connectivity index (χ3v) is 3.35. The normalized spacial score (nSPS) is 10.0. The lowest BCUT2D eigenvalue weighted by molar-refractivity contribution is -0.384. The predicted molar refractivity (Wildman–Crippen MR) is 88.6 cm³/mol. The first-order valence-electron chi connectivity index (χ1n) is 7.31. The molecule has 0 unspecified atom stereocenters. The van der Waals surface area contributed by atoms with E-state index in [2.05, 4.69) is 13.2 Å². The predicted octanol–water partition coefficient (Wildman–Crippen LogP) is 3.34. The number of imide groups is 1. The molecule has 0 saturated carbocycles. The molecule has 0 saturated heterocycles. The van der Waals surface area contributed by atoms with Crippen LogP contribution < -0.4 is 0 Å². The molecule has 0 fully saturated rings. The van der Waals surface area contributed by atoms with E-state index in [0.29, 0.717) is 24.0 Å². The van der Waals surface area contributed by atoms with Crippen LogP contribution in [0.5, 0.6) is 0 Å². The van der Waals surface area contributed by atoms with Gasteiger partial charge in [-0.3, -0.25) is 24.6 Å². The number of rotatable bonds is 7. The van der Waals surface area contributed by atoms with Gasteiger partial charge in [0, 0.05) is 29.8 Å². The van der Waals surface area contributed by atoms with Crippen molar-refractivity contribution >= 4 is 23.1 Å². The Labute approximate surface area is 135 Å². The lowest BCUT2D eigenvalue weighted by atomic mass is 10.0. The standard InChI is InChI=1S/C17H20N2O4/c1-5-11-18(16(20)12(3)6-2)17(21)13(4)14-7-9-15(10-8-14)19(22)23/h7-10H,3-6,11H2,1-2H3. The third-order valence-electron chi connectivity index (χ3n) is 3.35.